The number of anilines is 1. The highest BCUT2D eigenvalue weighted by atomic mass is 35.5. The maximum absolute atomic E-state index is 13.2. The summed E-state index contributed by atoms with van der Waals surface area (Å²) in [6, 6.07) is 4.43. The summed E-state index contributed by atoms with van der Waals surface area (Å²) in [5.41, 5.74) is -0.268. The Labute approximate surface area is 100.0 Å². The van der Waals surface area contributed by atoms with Crippen LogP contribution in [0.2, 0.25) is 5.22 Å². The van der Waals surface area contributed by atoms with E-state index in [1.807, 2.05) is 0 Å². The molecule has 0 amide bonds. The van der Waals surface area contributed by atoms with Gasteiger partial charge >= 0.3 is 0 Å². The molecule has 1 aromatic carbocycles. The highest BCUT2D eigenvalue weighted by Gasteiger charge is 2.11. The molecule has 17 heavy (non-hydrogen) atoms. The molecule has 0 aliphatic heterocycles. The average molecular weight is 262 g/mol. The van der Waals surface area contributed by atoms with Crippen LogP contribution in [0.4, 0.5) is 18.9 Å². The number of halogens is 4. The van der Waals surface area contributed by atoms with Gasteiger partial charge in [-0.15, -0.1) is 0 Å². The van der Waals surface area contributed by atoms with E-state index < -0.39 is 17.5 Å². The van der Waals surface area contributed by atoms with Gasteiger partial charge in [0, 0.05) is 12.1 Å². The first kappa shape index (κ1) is 11.9. The molecule has 0 atom stereocenters. The Hall–Kier alpha value is -1.62. The van der Waals surface area contributed by atoms with Crippen LogP contribution in [-0.4, -0.2) is 0 Å². The van der Waals surface area contributed by atoms with Gasteiger partial charge in [0.1, 0.15) is 11.6 Å². The van der Waals surface area contributed by atoms with Crippen molar-refractivity contribution in [2.75, 3.05) is 5.32 Å². The Morgan fingerprint density at radius 1 is 1.18 bits per heavy atom. The molecule has 0 spiro atoms. The van der Waals surface area contributed by atoms with Gasteiger partial charge in [0.25, 0.3) is 0 Å². The fraction of sp³-hybridized carbons (Fsp3) is 0.0909. The second-order valence-corrected chi connectivity index (χ2v) is 3.68. The lowest BCUT2D eigenvalue weighted by atomic mass is 10.2. The lowest BCUT2D eigenvalue weighted by Crippen LogP contribution is -2.02. The minimum absolute atomic E-state index is 0.0759. The minimum atomic E-state index is -1.25. The predicted molar refractivity (Wildman–Crippen MR) is 57.4 cm³/mol. The van der Waals surface area contributed by atoms with Gasteiger partial charge in [-0.25, -0.2) is 13.2 Å². The summed E-state index contributed by atoms with van der Waals surface area (Å²) in [6.45, 7) is 0.0759. The van der Waals surface area contributed by atoms with E-state index in [0.29, 0.717) is 11.8 Å². The zero-order valence-corrected chi connectivity index (χ0v) is 9.19. The number of rotatable bonds is 3. The summed E-state index contributed by atoms with van der Waals surface area (Å²) < 4.78 is 43.9. The van der Waals surface area contributed by atoms with Gasteiger partial charge in [0.05, 0.1) is 12.2 Å². The van der Waals surface area contributed by atoms with Crippen LogP contribution < -0.4 is 5.32 Å². The summed E-state index contributed by atoms with van der Waals surface area (Å²) in [5, 5.41) is 2.70. The van der Waals surface area contributed by atoms with Crippen molar-refractivity contribution in [2.45, 2.75) is 6.54 Å². The number of nitrogens with one attached hydrogen (secondary N) is 1. The molecule has 1 heterocycles. The van der Waals surface area contributed by atoms with Crippen LogP contribution in [0.5, 0.6) is 0 Å². The van der Waals surface area contributed by atoms with Crippen molar-refractivity contribution >= 4 is 17.3 Å². The monoisotopic (exact) mass is 261 g/mol. The van der Waals surface area contributed by atoms with Crippen LogP contribution >= 0.6 is 11.6 Å². The minimum Gasteiger partial charge on any atom is -0.448 e. The standard InChI is InChI=1S/C11H7ClF3NO/c12-10-2-1-7(17-10)5-16-9-4-6(13)3-8(14)11(9)15/h1-4,16H,5H2. The largest absolute Gasteiger partial charge is 0.448 e. The summed E-state index contributed by atoms with van der Waals surface area (Å²) in [5.74, 6) is -2.81. The van der Waals surface area contributed by atoms with Crippen LogP contribution in [0.3, 0.4) is 0 Å². The molecule has 90 valence electrons. The second kappa shape index (κ2) is 4.71. The van der Waals surface area contributed by atoms with Gasteiger partial charge in [-0.2, -0.15) is 0 Å². The first-order chi connectivity index (χ1) is 8.06. The highest BCUT2D eigenvalue weighted by molar-refractivity contribution is 6.28. The fourth-order valence-corrected chi connectivity index (χ4v) is 1.48. The van der Waals surface area contributed by atoms with Crippen molar-refractivity contribution in [3.63, 3.8) is 0 Å². The number of furan rings is 1. The van der Waals surface area contributed by atoms with E-state index in [1.54, 1.807) is 6.07 Å². The van der Waals surface area contributed by atoms with Crippen molar-refractivity contribution in [1.29, 1.82) is 0 Å². The van der Waals surface area contributed by atoms with E-state index in [1.165, 1.54) is 6.07 Å². The molecule has 0 unspecified atom stereocenters. The molecular weight excluding hydrogens is 255 g/mol. The summed E-state index contributed by atoms with van der Waals surface area (Å²) in [6.07, 6.45) is 0. The summed E-state index contributed by atoms with van der Waals surface area (Å²) >= 11 is 5.54. The van der Waals surface area contributed by atoms with Gasteiger partial charge < -0.3 is 9.73 Å². The van der Waals surface area contributed by atoms with Crippen LogP contribution in [0.15, 0.2) is 28.7 Å². The molecule has 2 rings (SSSR count). The van der Waals surface area contributed by atoms with Crippen molar-refractivity contribution in [1.82, 2.24) is 0 Å². The lowest BCUT2D eigenvalue weighted by Gasteiger charge is -2.06. The molecule has 0 radical (unpaired) electrons. The highest BCUT2D eigenvalue weighted by Crippen LogP contribution is 2.20. The Morgan fingerprint density at radius 3 is 2.59 bits per heavy atom. The van der Waals surface area contributed by atoms with E-state index in [9.17, 15) is 13.2 Å². The van der Waals surface area contributed by atoms with E-state index in [2.05, 4.69) is 5.32 Å². The van der Waals surface area contributed by atoms with Gasteiger partial charge in [0.15, 0.2) is 16.9 Å². The Morgan fingerprint density at radius 2 is 1.94 bits per heavy atom. The zero-order chi connectivity index (χ0) is 12.4. The van der Waals surface area contributed by atoms with E-state index in [-0.39, 0.29) is 17.5 Å². The van der Waals surface area contributed by atoms with Crippen LogP contribution in [0.25, 0.3) is 0 Å². The summed E-state index contributed by atoms with van der Waals surface area (Å²) in [7, 11) is 0. The molecule has 0 saturated carbocycles. The Bertz CT molecular complexity index is 542. The van der Waals surface area contributed by atoms with Gasteiger partial charge in [0.2, 0.25) is 0 Å². The van der Waals surface area contributed by atoms with Crippen molar-refractivity contribution in [3.8, 4) is 0 Å². The number of hydrogen-bond donors (Lipinski definition) is 1. The summed E-state index contributed by atoms with van der Waals surface area (Å²) in [4.78, 5) is 0. The topological polar surface area (TPSA) is 25.2 Å². The predicted octanol–water partition coefficient (Wildman–Crippen LogP) is 3.96. The van der Waals surface area contributed by atoms with Gasteiger partial charge in [-0.1, -0.05) is 0 Å². The molecule has 2 nitrogen and oxygen atoms in total. The lowest BCUT2D eigenvalue weighted by molar-refractivity contribution is 0.494. The molecule has 0 saturated heterocycles. The maximum Gasteiger partial charge on any atom is 0.193 e. The number of hydrogen-bond acceptors (Lipinski definition) is 2. The zero-order valence-electron chi connectivity index (χ0n) is 8.44. The SMILES string of the molecule is Fc1cc(F)c(F)c(NCc2ccc(Cl)o2)c1. The van der Waals surface area contributed by atoms with Gasteiger partial charge in [-0.05, 0) is 23.7 Å². The molecule has 1 N–H and O–H groups in total. The van der Waals surface area contributed by atoms with Crippen LogP contribution in [0, 0.1) is 17.5 Å². The maximum atomic E-state index is 13.2. The molecule has 0 aliphatic carbocycles. The smallest absolute Gasteiger partial charge is 0.193 e. The molecule has 0 fully saturated rings. The third-order valence-corrected chi connectivity index (χ3v) is 2.28. The molecule has 1 aromatic heterocycles. The quantitative estimate of drug-likeness (QED) is 0.846. The molecular formula is C11H7ClF3NO. The first-order valence-electron chi connectivity index (χ1n) is 4.69. The first-order valence-corrected chi connectivity index (χ1v) is 5.06. The third kappa shape index (κ3) is 2.74. The van der Waals surface area contributed by atoms with Gasteiger partial charge in [-0.3, -0.25) is 0 Å². The fourth-order valence-electron chi connectivity index (χ4n) is 1.31. The van der Waals surface area contributed by atoms with Crippen LogP contribution in [-0.2, 0) is 6.54 Å². The second-order valence-electron chi connectivity index (χ2n) is 3.31. The number of benzene rings is 1. The molecule has 6 heteroatoms. The van der Waals surface area contributed by atoms with E-state index in [4.69, 9.17) is 16.0 Å². The molecule has 2 aromatic rings. The normalized spacial score (nSPS) is 10.6. The Kier molecular flexibility index (Phi) is 3.28. The van der Waals surface area contributed by atoms with Crippen molar-refractivity contribution < 1.29 is 17.6 Å². The van der Waals surface area contributed by atoms with E-state index in [0.717, 1.165) is 6.07 Å². The molecule has 0 aliphatic rings. The Balaban J connectivity index is 2.14. The van der Waals surface area contributed by atoms with Crippen LogP contribution in [0.1, 0.15) is 5.76 Å². The van der Waals surface area contributed by atoms with Crippen molar-refractivity contribution in [3.05, 3.63) is 52.7 Å². The third-order valence-electron chi connectivity index (χ3n) is 2.07. The molecule has 0 bridgehead atoms. The average Bonchev–Trinajstić information content (AvgIpc) is 2.67. The van der Waals surface area contributed by atoms with E-state index >= 15 is 0 Å². The van der Waals surface area contributed by atoms with Crippen molar-refractivity contribution in [2.24, 2.45) is 0 Å².